The van der Waals surface area contributed by atoms with Crippen LogP contribution in [-0.2, 0) is 11.1 Å². The third-order valence-electron chi connectivity index (χ3n) is 3.83. The number of rotatable bonds is 4. The van der Waals surface area contributed by atoms with Crippen LogP contribution in [-0.4, -0.2) is 30.4 Å². The fraction of sp³-hybridized carbons (Fsp3) is 0.571. The molecule has 1 heterocycles. The van der Waals surface area contributed by atoms with E-state index in [1.807, 2.05) is 26.0 Å². The number of ether oxygens (including phenoxy) is 1. The summed E-state index contributed by atoms with van der Waals surface area (Å²) < 4.78 is 11.3. The highest BCUT2D eigenvalue weighted by molar-refractivity contribution is 6.47. The van der Waals surface area contributed by atoms with Gasteiger partial charge in [0.05, 0.1) is 17.8 Å². The maximum atomic E-state index is 10.0. The van der Waals surface area contributed by atoms with E-state index in [1.54, 1.807) is 13.8 Å². The zero-order valence-electron chi connectivity index (χ0n) is 11.6. The predicted octanol–water partition coefficient (Wildman–Crippen LogP) is 1.16. The number of hydrogen-bond donors (Lipinski definition) is 1. The third-order valence-corrected chi connectivity index (χ3v) is 3.83. The zero-order chi connectivity index (χ0) is 13.4. The number of aliphatic hydroxyl groups is 1. The van der Waals surface area contributed by atoms with Crippen LogP contribution in [0.3, 0.4) is 0 Å². The van der Waals surface area contributed by atoms with E-state index < -0.39 is 11.2 Å². The predicted molar refractivity (Wildman–Crippen MR) is 73.9 cm³/mol. The van der Waals surface area contributed by atoms with Crippen molar-refractivity contribution in [2.45, 2.75) is 45.3 Å². The van der Waals surface area contributed by atoms with Gasteiger partial charge in [0.15, 0.2) is 0 Å². The molecular formula is C14H21BO3. The summed E-state index contributed by atoms with van der Waals surface area (Å²) in [4.78, 5) is 0. The highest BCUT2D eigenvalue weighted by atomic mass is 16.5. The van der Waals surface area contributed by atoms with Crippen LogP contribution in [0.2, 0.25) is 0 Å². The molecule has 0 bridgehead atoms. The van der Waals surface area contributed by atoms with Crippen molar-refractivity contribution in [1.82, 2.24) is 0 Å². The molecule has 4 heteroatoms. The first-order chi connectivity index (χ1) is 8.29. The lowest BCUT2D eigenvalue weighted by Gasteiger charge is -2.37. The molecule has 3 nitrogen and oxygen atoms in total. The van der Waals surface area contributed by atoms with E-state index in [0.29, 0.717) is 7.48 Å². The lowest BCUT2D eigenvalue weighted by atomic mass is 9.82. The smallest absolute Gasteiger partial charge is 0.309 e. The molecule has 0 saturated heterocycles. The van der Waals surface area contributed by atoms with E-state index in [0.717, 1.165) is 24.2 Å². The Balaban J connectivity index is 2.03. The Labute approximate surface area is 109 Å². The van der Waals surface area contributed by atoms with Crippen LogP contribution in [0.5, 0.6) is 5.75 Å². The van der Waals surface area contributed by atoms with Crippen molar-refractivity contribution in [2.24, 2.45) is 0 Å². The summed E-state index contributed by atoms with van der Waals surface area (Å²) in [5.74, 6) is 0.987. The summed E-state index contributed by atoms with van der Waals surface area (Å²) in [6.07, 6.45) is 0.970. The molecule has 0 amide bonds. The summed E-state index contributed by atoms with van der Waals surface area (Å²) in [6.45, 7) is 8.12. The first kappa shape index (κ1) is 13.4. The molecule has 0 radical (unpaired) electrons. The van der Waals surface area contributed by atoms with E-state index in [-0.39, 0.29) is 0 Å². The summed E-state index contributed by atoms with van der Waals surface area (Å²) in [6, 6.07) is 6.14. The highest BCUT2D eigenvalue weighted by Crippen LogP contribution is 2.25. The van der Waals surface area contributed by atoms with E-state index in [1.165, 1.54) is 5.56 Å². The van der Waals surface area contributed by atoms with E-state index in [2.05, 4.69) is 6.07 Å². The topological polar surface area (TPSA) is 38.7 Å². The lowest BCUT2D eigenvalue weighted by Crippen LogP contribution is -2.49. The highest BCUT2D eigenvalue weighted by Gasteiger charge is 2.35. The van der Waals surface area contributed by atoms with Gasteiger partial charge in [-0.3, -0.25) is 0 Å². The first-order valence-electron chi connectivity index (χ1n) is 6.40. The van der Waals surface area contributed by atoms with Crippen molar-refractivity contribution in [2.75, 3.05) is 6.61 Å². The molecule has 18 heavy (non-hydrogen) atoms. The Hall–Kier alpha value is -0.995. The zero-order valence-corrected chi connectivity index (χ0v) is 11.6. The van der Waals surface area contributed by atoms with Gasteiger partial charge in [0.25, 0.3) is 0 Å². The fourth-order valence-corrected chi connectivity index (χ4v) is 1.77. The van der Waals surface area contributed by atoms with Gasteiger partial charge in [-0.05, 0) is 39.3 Å². The summed E-state index contributed by atoms with van der Waals surface area (Å²) in [7, 11) is 0.504. The van der Waals surface area contributed by atoms with Crippen LogP contribution >= 0.6 is 0 Å². The van der Waals surface area contributed by atoms with Crippen LogP contribution in [0.1, 0.15) is 33.3 Å². The van der Waals surface area contributed by atoms with Crippen LogP contribution < -0.4 is 10.2 Å². The molecule has 0 aromatic heterocycles. The molecule has 0 saturated carbocycles. The number of hydrogen-bond acceptors (Lipinski definition) is 3. The van der Waals surface area contributed by atoms with Crippen LogP contribution in [0.25, 0.3) is 0 Å². The second-order valence-corrected chi connectivity index (χ2v) is 5.90. The van der Waals surface area contributed by atoms with E-state index >= 15 is 0 Å². The molecule has 0 unspecified atom stereocenters. The molecule has 1 aromatic rings. The average Bonchev–Trinajstić information content (AvgIpc) is 2.71. The van der Waals surface area contributed by atoms with Gasteiger partial charge in [-0.1, -0.05) is 17.6 Å². The monoisotopic (exact) mass is 248 g/mol. The van der Waals surface area contributed by atoms with Gasteiger partial charge < -0.3 is 14.5 Å². The minimum absolute atomic E-state index is 0.504. The Bertz CT molecular complexity index is 435. The lowest BCUT2D eigenvalue weighted by molar-refractivity contribution is -0.0893. The molecule has 0 atom stereocenters. The van der Waals surface area contributed by atoms with E-state index in [9.17, 15) is 5.11 Å². The normalized spacial score (nSPS) is 15.2. The molecule has 1 aliphatic heterocycles. The maximum absolute atomic E-state index is 10.0. The van der Waals surface area contributed by atoms with Crippen molar-refractivity contribution < 1.29 is 14.5 Å². The third kappa shape index (κ3) is 2.70. The minimum atomic E-state index is -0.868. The van der Waals surface area contributed by atoms with Gasteiger partial charge >= 0.3 is 7.48 Å². The molecule has 1 aromatic carbocycles. The van der Waals surface area contributed by atoms with Crippen molar-refractivity contribution in [3.8, 4) is 5.75 Å². The molecule has 0 spiro atoms. The second kappa shape index (κ2) is 4.59. The number of benzene rings is 1. The quantitative estimate of drug-likeness (QED) is 0.813. The SMILES string of the molecule is CC(C)(O)C(C)(C)OBc1ccc2c(c1)CCO2. The molecule has 0 aliphatic carbocycles. The van der Waals surface area contributed by atoms with Gasteiger partial charge in [-0.15, -0.1) is 0 Å². The van der Waals surface area contributed by atoms with Crippen molar-refractivity contribution in [3.63, 3.8) is 0 Å². The van der Waals surface area contributed by atoms with E-state index in [4.69, 9.17) is 9.39 Å². The van der Waals surface area contributed by atoms with Crippen LogP contribution in [0.15, 0.2) is 18.2 Å². The van der Waals surface area contributed by atoms with Gasteiger partial charge in [0.2, 0.25) is 0 Å². The summed E-state index contributed by atoms with van der Waals surface area (Å²) in [5.41, 5.74) is 0.920. The minimum Gasteiger partial charge on any atom is -0.493 e. The average molecular weight is 248 g/mol. The van der Waals surface area contributed by atoms with Gasteiger partial charge in [-0.2, -0.15) is 0 Å². The number of fused-ring (bicyclic) bond motifs is 1. The molecular weight excluding hydrogens is 227 g/mol. The van der Waals surface area contributed by atoms with Gasteiger partial charge in [0, 0.05) is 6.42 Å². The van der Waals surface area contributed by atoms with Crippen LogP contribution in [0, 0.1) is 0 Å². The summed E-state index contributed by atoms with van der Waals surface area (Å²) in [5, 5.41) is 10.0. The second-order valence-electron chi connectivity index (χ2n) is 5.90. The molecule has 0 fully saturated rings. The first-order valence-corrected chi connectivity index (χ1v) is 6.40. The molecule has 1 aliphatic rings. The Morgan fingerprint density at radius 3 is 2.67 bits per heavy atom. The van der Waals surface area contributed by atoms with Crippen molar-refractivity contribution in [3.05, 3.63) is 23.8 Å². The Morgan fingerprint density at radius 2 is 2.00 bits per heavy atom. The molecule has 98 valence electrons. The molecule has 1 N–H and O–H groups in total. The maximum Gasteiger partial charge on any atom is 0.309 e. The van der Waals surface area contributed by atoms with Gasteiger partial charge in [-0.25, -0.2) is 0 Å². The Kier molecular flexibility index (Phi) is 3.43. The van der Waals surface area contributed by atoms with Gasteiger partial charge in [0.1, 0.15) is 5.75 Å². The molecule has 2 rings (SSSR count). The van der Waals surface area contributed by atoms with Crippen molar-refractivity contribution in [1.29, 1.82) is 0 Å². The van der Waals surface area contributed by atoms with Crippen LogP contribution in [0.4, 0.5) is 0 Å². The van der Waals surface area contributed by atoms with Crippen molar-refractivity contribution >= 4 is 12.9 Å². The Morgan fingerprint density at radius 1 is 1.28 bits per heavy atom. The standard InChI is InChI=1S/C14H21BO3/c1-13(2,16)14(3,4)18-15-11-5-6-12-10(9-11)7-8-17-12/h5-6,9,15-16H,7-8H2,1-4H3. The largest absolute Gasteiger partial charge is 0.493 e. The fourth-order valence-electron chi connectivity index (χ4n) is 1.77. The summed E-state index contributed by atoms with van der Waals surface area (Å²) >= 11 is 0.